The number of nitrogens with zero attached hydrogens (tertiary/aromatic N) is 2. The van der Waals surface area contributed by atoms with E-state index >= 15 is 0 Å². The number of methoxy groups -OCH3 is 1. The predicted molar refractivity (Wildman–Crippen MR) is 96.0 cm³/mol. The molecule has 0 unspecified atom stereocenters. The molecule has 1 aliphatic heterocycles. The summed E-state index contributed by atoms with van der Waals surface area (Å²) in [4.78, 5) is 4.40. The van der Waals surface area contributed by atoms with Crippen molar-refractivity contribution in [3.8, 4) is 0 Å². The summed E-state index contributed by atoms with van der Waals surface area (Å²) >= 11 is 0. The van der Waals surface area contributed by atoms with E-state index in [4.69, 9.17) is 9.47 Å². The molecule has 0 radical (unpaired) electrons. The van der Waals surface area contributed by atoms with Gasteiger partial charge in [-0.25, -0.2) is 8.42 Å². The Morgan fingerprint density at radius 2 is 1.89 bits per heavy atom. The fraction of sp³-hybridized carbons (Fsp3) is 0.933. The smallest absolute Gasteiger partial charge is 0.382 e. The molecule has 8 nitrogen and oxygen atoms in total. The number of sulfonamides is 1. The molecule has 0 aliphatic carbocycles. The number of hydrogen-bond donors (Lipinski definition) is 2. The lowest BCUT2D eigenvalue weighted by molar-refractivity contribution is -0.0494. The topological polar surface area (TPSA) is 92.3 Å². The van der Waals surface area contributed by atoms with E-state index in [9.17, 15) is 21.6 Å². The van der Waals surface area contributed by atoms with Crippen LogP contribution < -0.4 is 10.6 Å². The zero-order chi connectivity index (χ0) is 20.3. The SMILES string of the molecule is CCNC(=NCCCOCCOC)NC1CCN(S(=O)(=O)C(F)(F)F)CC1. The molecule has 0 atom stereocenters. The van der Waals surface area contributed by atoms with Crippen LogP contribution in [0.4, 0.5) is 13.2 Å². The minimum atomic E-state index is -5.25. The lowest BCUT2D eigenvalue weighted by Crippen LogP contribution is -2.51. The number of ether oxygens (including phenoxy) is 2. The molecule has 1 rings (SSSR count). The Kier molecular flexibility index (Phi) is 10.3. The van der Waals surface area contributed by atoms with E-state index in [1.807, 2.05) is 6.92 Å². The lowest BCUT2D eigenvalue weighted by Gasteiger charge is -2.32. The second-order valence-corrected chi connectivity index (χ2v) is 7.92. The van der Waals surface area contributed by atoms with Crippen molar-refractivity contribution in [1.82, 2.24) is 14.9 Å². The fourth-order valence-electron chi connectivity index (χ4n) is 2.50. The third-order valence-electron chi connectivity index (χ3n) is 3.92. The van der Waals surface area contributed by atoms with Gasteiger partial charge in [0.25, 0.3) is 0 Å². The summed E-state index contributed by atoms with van der Waals surface area (Å²) in [6, 6.07) is -0.138. The van der Waals surface area contributed by atoms with Gasteiger partial charge in [0.05, 0.1) is 13.2 Å². The summed E-state index contributed by atoms with van der Waals surface area (Å²) in [6.45, 7) is 4.34. The molecular formula is C15H29F3N4O4S. The highest BCUT2D eigenvalue weighted by Gasteiger charge is 2.50. The molecule has 1 heterocycles. The average Bonchev–Trinajstić information content (AvgIpc) is 2.60. The Morgan fingerprint density at radius 1 is 1.22 bits per heavy atom. The Labute approximate surface area is 158 Å². The van der Waals surface area contributed by atoms with Crippen molar-refractivity contribution in [3.05, 3.63) is 0 Å². The maximum Gasteiger partial charge on any atom is 0.511 e. The zero-order valence-electron chi connectivity index (χ0n) is 15.7. The van der Waals surface area contributed by atoms with E-state index < -0.39 is 15.5 Å². The summed E-state index contributed by atoms with van der Waals surface area (Å²) in [7, 11) is -3.65. The molecule has 0 aromatic carbocycles. The van der Waals surface area contributed by atoms with Gasteiger partial charge in [0, 0.05) is 45.9 Å². The van der Waals surface area contributed by atoms with Crippen molar-refractivity contribution >= 4 is 16.0 Å². The highest BCUT2D eigenvalue weighted by atomic mass is 32.2. The van der Waals surface area contributed by atoms with E-state index in [0.29, 0.717) is 43.2 Å². The number of rotatable bonds is 10. The minimum absolute atomic E-state index is 0.138. The average molecular weight is 418 g/mol. The summed E-state index contributed by atoms with van der Waals surface area (Å²) in [6.07, 6.45) is 1.28. The molecule has 0 aromatic rings. The highest BCUT2D eigenvalue weighted by Crippen LogP contribution is 2.28. The molecule has 1 aliphatic rings. The summed E-state index contributed by atoms with van der Waals surface area (Å²) < 4.78 is 71.4. The molecule has 160 valence electrons. The third-order valence-corrected chi connectivity index (χ3v) is 5.55. The van der Waals surface area contributed by atoms with Gasteiger partial charge in [-0.3, -0.25) is 4.99 Å². The van der Waals surface area contributed by atoms with Gasteiger partial charge in [0.1, 0.15) is 0 Å². The van der Waals surface area contributed by atoms with Crippen LogP contribution in [0, 0.1) is 0 Å². The first kappa shape index (κ1) is 23.9. The molecular weight excluding hydrogens is 389 g/mol. The van der Waals surface area contributed by atoms with Gasteiger partial charge in [0.2, 0.25) is 0 Å². The fourth-order valence-corrected chi connectivity index (χ4v) is 3.49. The maximum atomic E-state index is 12.6. The quantitative estimate of drug-likeness (QED) is 0.311. The molecule has 27 heavy (non-hydrogen) atoms. The number of piperidine rings is 1. The summed E-state index contributed by atoms with van der Waals surface area (Å²) in [5.74, 6) is 0.562. The Balaban J connectivity index is 2.43. The Morgan fingerprint density at radius 3 is 2.44 bits per heavy atom. The van der Waals surface area contributed by atoms with Gasteiger partial charge in [0.15, 0.2) is 5.96 Å². The number of halogens is 3. The van der Waals surface area contributed by atoms with Gasteiger partial charge < -0.3 is 20.1 Å². The van der Waals surface area contributed by atoms with E-state index in [-0.39, 0.29) is 32.0 Å². The summed E-state index contributed by atoms with van der Waals surface area (Å²) in [5, 5.41) is 6.23. The van der Waals surface area contributed by atoms with Crippen LogP contribution in [0.1, 0.15) is 26.2 Å². The molecule has 0 amide bonds. The second kappa shape index (κ2) is 11.7. The molecule has 0 spiro atoms. The maximum absolute atomic E-state index is 12.6. The van der Waals surface area contributed by atoms with Crippen LogP contribution in [-0.2, 0) is 19.5 Å². The van der Waals surface area contributed by atoms with Crippen LogP contribution in [0.3, 0.4) is 0 Å². The second-order valence-electron chi connectivity index (χ2n) is 5.99. The monoisotopic (exact) mass is 418 g/mol. The van der Waals surface area contributed by atoms with Crippen LogP contribution >= 0.6 is 0 Å². The van der Waals surface area contributed by atoms with E-state index in [1.54, 1.807) is 7.11 Å². The number of aliphatic imine (C=N–C) groups is 1. The van der Waals surface area contributed by atoms with Crippen LogP contribution in [0.2, 0.25) is 0 Å². The first-order chi connectivity index (χ1) is 12.7. The summed E-state index contributed by atoms with van der Waals surface area (Å²) in [5.41, 5.74) is -5.25. The predicted octanol–water partition coefficient (Wildman–Crippen LogP) is 0.909. The van der Waals surface area contributed by atoms with E-state index in [1.165, 1.54) is 0 Å². The normalized spacial score (nSPS) is 17.9. The van der Waals surface area contributed by atoms with Crippen molar-refractivity contribution in [2.75, 3.05) is 53.1 Å². The van der Waals surface area contributed by atoms with E-state index in [0.717, 1.165) is 6.42 Å². The van der Waals surface area contributed by atoms with Crippen molar-refractivity contribution in [2.45, 2.75) is 37.7 Å². The van der Waals surface area contributed by atoms with Gasteiger partial charge in [-0.1, -0.05) is 0 Å². The number of hydrogen-bond acceptors (Lipinski definition) is 5. The molecule has 0 aromatic heterocycles. The van der Waals surface area contributed by atoms with Gasteiger partial charge >= 0.3 is 15.5 Å². The molecule has 1 fully saturated rings. The molecule has 1 saturated heterocycles. The first-order valence-electron chi connectivity index (χ1n) is 8.90. The van der Waals surface area contributed by atoms with Crippen LogP contribution in [-0.4, -0.2) is 83.3 Å². The molecule has 2 N–H and O–H groups in total. The van der Waals surface area contributed by atoms with Crippen LogP contribution in [0.5, 0.6) is 0 Å². The van der Waals surface area contributed by atoms with Gasteiger partial charge in [-0.15, -0.1) is 0 Å². The Bertz CT molecular complexity index is 550. The molecule has 0 saturated carbocycles. The molecule has 0 bridgehead atoms. The van der Waals surface area contributed by atoms with Gasteiger partial charge in [-0.2, -0.15) is 17.5 Å². The lowest BCUT2D eigenvalue weighted by atomic mass is 10.1. The van der Waals surface area contributed by atoms with Crippen LogP contribution in [0.15, 0.2) is 4.99 Å². The van der Waals surface area contributed by atoms with E-state index in [2.05, 4.69) is 15.6 Å². The molecule has 12 heteroatoms. The Hall–Kier alpha value is -1.11. The zero-order valence-corrected chi connectivity index (χ0v) is 16.5. The van der Waals surface area contributed by atoms with Crippen molar-refractivity contribution in [3.63, 3.8) is 0 Å². The number of alkyl halides is 3. The standard InChI is InChI=1S/C15H29F3N4O4S/c1-3-19-14(20-7-4-10-26-12-11-25-2)21-13-5-8-22(9-6-13)27(23,24)15(16,17)18/h13H,3-12H2,1-2H3,(H2,19,20,21). The largest absolute Gasteiger partial charge is 0.511 e. The minimum Gasteiger partial charge on any atom is -0.382 e. The highest BCUT2D eigenvalue weighted by molar-refractivity contribution is 7.90. The van der Waals surface area contributed by atoms with Crippen molar-refractivity contribution in [2.24, 2.45) is 4.99 Å². The van der Waals surface area contributed by atoms with Crippen molar-refractivity contribution < 1.29 is 31.1 Å². The first-order valence-corrected chi connectivity index (χ1v) is 10.3. The third kappa shape index (κ3) is 8.20. The van der Waals surface area contributed by atoms with Crippen LogP contribution in [0.25, 0.3) is 0 Å². The number of nitrogens with one attached hydrogen (secondary N) is 2. The number of guanidine groups is 1. The van der Waals surface area contributed by atoms with Gasteiger partial charge in [-0.05, 0) is 26.2 Å². The van der Waals surface area contributed by atoms with Crippen molar-refractivity contribution in [1.29, 1.82) is 0 Å².